The highest BCUT2D eigenvalue weighted by atomic mass is 19.1. The number of carbonyl (C=O) groups is 1. The number of hydrogen-bond acceptors (Lipinski definition) is 2. The van der Waals surface area contributed by atoms with E-state index in [2.05, 4.69) is 0 Å². The zero-order chi connectivity index (χ0) is 14.0. The van der Waals surface area contributed by atoms with E-state index in [1.807, 2.05) is 0 Å². The summed E-state index contributed by atoms with van der Waals surface area (Å²) in [4.78, 5) is 22.2. The molecule has 5 heteroatoms. The summed E-state index contributed by atoms with van der Waals surface area (Å²) in [5, 5.41) is 8.72. The zero-order valence-corrected chi connectivity index (χ0v) is 10.3. The first-order valence-corrected chi connectivity index (χ1v) is 5.66. The highest BCUT2D eigenvalue weighted by molar-refractivity contribution is 5.67. The van der Waals surface area contributed by atoms with Gasteiger partial charge in [-0.25, -0.2) is 4.39 Å². The lowest BCUT2D eigenvalue weighted by molar-refractivity contribution is -0.137. The van der Waals surface area contributed by atoms with Crippen LogP contribution in [-0.2, 0) is 11.3 Å². The first-order valence-electron chi connectivity index (χ1n) is 5.66. The van der Waals surface area contributed by atoms with Crippen molar-refractivity contribution >= 4 is 5.97 Å². The van der Waals surface area contributed by atoms with Crippen LogP contribution >= 0.6 is 0 Å². The topological polar surface area (TPSA) is 59.3 Å². The molecular formula is C14H12FNO3. The van der Waals surface area contributed by atoms with Gasteiger partial charge < -0.3 is 9.67 Å². The van der Waals surface area contributed by atoms with Crippen molar-refractivity contribution < 1.29 is 14.3 Å². The summed E-state index contributed by atoms with van der Waals surface area (Å²) < 4.78 is 14.3. The molecule has 4 nitrogen and oxygen atoms in total. The molecule has 0 saturated heterocycles. The first-order chi connectivity index (χ1) is 8.97. The molecule has 2 rings (SSSR count). The van der Waals surface area contributed by atoms with E-state index in [4.69, 9.17) is 5.11 Å². The molecule has 0 saturated carbocycles. The van der Waals surface area contributed by atoms with E-state index in [1.165, 1.54) is 18.3 Å². The average Bonchev–Trinajstić information content (AvgIpc) is 2.35. The molecule has 2 aromatic rings. The van der Waals surface area contributed by atoms with Gasteiger partial charge in [-0.2, -0.15) is 0 Å². The highest BCUT2D eigenvalue weighted by Crippen LogP contribution is 2.20. The van der Waals surface area contributed by atoms with Crippen LogP contribution in [-0.4, -0.2) is 15.6 Å². The molecule has 0 bridgehead atoms. The fraction of sp³-hybridized carbons (Fsp3) is 0.143. The van der Waals surface area contributed by atoms with Crippen molar-refractivity contribution in [1.82, 2.24) is 4.57 Å². The molecule has 0 atom stereocenters. The van der Waals surface area contributed by atoms with Crippen molar-refractivity contribution in [2.75, 3.05) is 0 Å². The quantitative estimate of drug-likeness (QED) is 0.919. The Hall–Kier alpha value is -2.43. The molecule has 0 amide bonds. The largest absolute Gasteiger partial charge is 0.480 e. The average molecular weight is 261 g/mol. The van der Waals surface area contributed by atoms with E-state index in [0.29, 0.717) is 11.1 Å². The fourth-order valence-electron chi connectivity index (χ4n) is 1.80. The Balaban J connectivity index is 2.48. The van der Waals surface area contributed by atoms with Gasteiger partial charge in [-0.1, -0.05) is 6.07 Å². The van der Waals surface area contributed by atoms with Gasteiger partial charge in [0.05, 0.1) is 0 Å². The number of aryl methyl sites for hydroxylation is 1. The number of aromatic nitrogens is 1. The van der Waals surface area contributed by atoms with Crippen LogP contribution in [0.3, 0.4) is 0 Å². The number of hydrogen-bond donors (Lipinski definition) is 1. The van der Waals surface area contributed by atoms with Crippen LogP contribution in [0.5, 0.6) is 0 Å². The van der Waals surface area contributed by atoms with Crippen LogP contribution in [0.15, 0.2) is 41.3 Å². The third-order valence-electron chi connectivity index (χ3n) is 2.78. The standard InChI is InChI=1S/C14H12FNO3/c1-9-6-10(2-4-12(9)15)11-3-5-13(17)16(7-11)8-14(18)19/h2-7H,8H2,1H3,(H,18,19). The third kappa shape index (κ3) is 2.88. The van der Waals surface area contributed by atoms with Gasteiger partial charge in [0.2, 0.25) is 0 Å². The van der Waals surface area contributed by atoms with E-state index in [0.717, 1.165) is 10.1 Å². The number of nitrogens with zero attached hydrogens (tertiary/aromatic N) is 1. The van der Waals surface area contributed by atoms with Gasteiger partial charge >= 0.3 is 5.97 Å². The second-order valence-corrected chi connectivity index (χ2v) is 4.24. The summed E-state index contributed by atoms with van der Waals surface area (Å²) in [6.45, 7) is 1.25. The number of carboxylic acids is 1. The maximum absolute atomic E-state index is 13.2. The highest BCUT2D eigenvalue weighted by Gasteiger charge is 2.06. The van der Waals surface area contributed by atoms with Crippen LogP contribution in [0, 0.1) is 12.7 Å². The van der Waals surface area contributed by atoms with Crippen molar-refractivity contribution in [1.29, 1.82) is 0 Å². The number of benzene rings is 1. The second kappa shape index (κ2) is 5.06. The number of rotatable bonds is 3. The van der Waals surface area contributed by atoms with E-state index in [1.54, 1.807) is 25.1 Å². The Labute approximate surface area is 108 Å². The number of pyridine rings is 1. The van der Waals surface area contributed by atoms with E-state index < -0.39 is 12.5 Å². The van der Waals surface area contributed by atoms with Gasteiger partial charge in [0.25, 0.3) is 5.56 Å². The molecule has 0 radical (unpaired) electrons. The van der Waals surface area contributed by atoms with Crippen molar-refractivity contribution in [3.63, 3.8) is 0 Å². The summed E-state index contributed by atoms with van der Waals surface area (Å²) in [5.74, 6) is -1.39. The predicted molar refractivity (Wildman–Crippen MR) is 68.5 cm³/mol. The molecule has 0 spiro atoms. The first kappa shape index (κ1) is 13.0. The molecule has 0 aliphatic rings. The SMILES string of the molecule is Cc1cc(-c2ccc(=O)n(CC(=O)O)c2)ccc1F. The summed E-state index contributed by atoms with van der Waals surface area (Å²) in [6.07, 6.45) is 1.46. The number of aliphatic carboxylic acids is 1. The maximum Gasteiger partial charge on any atom is 0.323 e. The normalized spacial score (nSPS) is 10.4. The third-order valence-corrected chi connectivity index (χ3v) is 2.78. The summed E-state index contributed by atoms with van der Waals surface area (Å²) in [5.41, 5.74) is 1.51. The molecule has 1 heterocycles. The lowest BCUT2D eigenvalue weighted by atomic mass is 10.1. The van der Waals surface area contributed by atoms with Gasteiger partial charge in [0.15, 0.2) is 0 Å². The molecule has 0 aliphatic carbocycles. The van der Waals surface area contributed by atoms with Gasteiger partial charge in [0.1, 0.15) is 12.4 Å². The second-order valence-electron chi connectivity index (χ2n) is 4.24. The lowest BCUT2D eigenvalue weighted by Crippen LogP contribution is -2.22. The van der Waals surface area contributed by atoms with Crippen molar-refractivity contribution in [3.8, 4) is 11.1 Å². The smallest absolute Gasteiger partial charge is 0.323 e. The van der Waals surface area contributed by atoms with Gasteiger partial charge in [-0.05, 0) is 41.8 Å². The van der Waals surface area contributed by atoms with Gasteiger partial charge in [-0.15, -0.1) is 0 Å². The molecule has 0 aliphatic heterocycles. The van der Waals surface area contributed by atoms with Crippen LogP contribution in [0.1, 0.15) is 5.56 Å². The molecular weight excluding hydrogens is 249 g/mol. The molecule has 98 valence electrons. The molecule has 0 unspecified atom stereocenters. The summed E-state index contributed by atoms with van der Waals surface area (Å²) in [7, 11) is 0. The van der Waals surface area contributed by atoms with Crippen LogP contribution in [0.2, 0.25) is 0 Å². The Morgan fingerprint density at radius 1 is 1.26 bits per heavy atom. The summed E-state index contributed by atoms with van der Waals surface area (Å²) >= 11 is 0. The minimum Gasteiger partial charge on any atom is -0.480 e. The Bertz CT molecular complexity index is 691. The molecule has 1 N–H and O–H groups in total. The molecule has 0 fully saturated rings. The van der Waals surface area contributed by atoms with E-state index in [-0.39, 0.29) is 11.4 Å². The van der Waals surface area contributed by atoms with Crippen LogP contribution in [0.25, 0.3) is 11.1 Å². The summed E-state index contributed by atoms with van der Waals surface area (Å²) in [6, 6.07) is 7.48. The molecule has 1 aromatic heterocycles. The number of halogens is 1. The number of carboxylic acid groups (broad SMARTS) is 1. The Morgan fingerprint density at radius 3 is 2.58 bits per heavy atom. The molecule has 1 aromatic carbocycles. The predicted octanol–water partition coefficient (Wildman–Crippen LogP) is 2.05. The van der Waals surface area contributed by atoms with Crippen molar-refractivity contribution in [3.05, 3.63) is 58.3 Å². The zero-order valence-electron chi connectivity index (χ0n) is 10.3. The minimum atomic E-state index is -1.09. The van der Waals surface area contributed by atoms with Gasteiger partial charge in [-0.3, -0.25) is 9.59 Å². The Morgan fingerprint density at radius 2 is 1.95 bits per heavy atom. The van der Waals surface area contributed by atoms with E-state index >= 15 is 0 Å². The van der Waals surface area contributed by atoms with Crippen molar-refractivity contribution in [2.24, 2.45) is 0 Å². The van der Waals surface area contributed by atoms with E-state index in [9.17, 15) is 14.0 Å². The van der Waals surface area contributed by atoms with Crippen molar-refractivity contribution in [2.45, 2.75) is 13.5 Å². The minimum absolute atomic E-state index is 0.303. The fourth-order valence-corrected chi connectivity index (χ4v) is 1.80. The van der Waals surface area contributed by atoms with Crippen LogP contribution in [0.4, 0.5) is 4.39 Å². The lowest BCUT2D eigenvalue weighted by Gasteiger charge is -2.07. The monoisotopic (exact) mass is 261 g/mol. The Kier molecular flexibility index (Phi) is 3.46. The van der Waals surface area contributed by atoms with Crippen LogP contribution < -0.4 is 5.56 Å². The maximum atomic E-state index is 13.2. The molecule has 19 heavy (non-hydrogen) atoms. The van der Waals surface area contributed by atoms with Gasteiger partial charge in [0, 0.05) is 12.3 Å².